The molecule has 1 atom stereocenters. The fourth-order valence-electron chi connectivity index (χ4n) is 3.60. The van der Waals surface area contributed by atoms with Crippen molar-refractivity contribution in [2.75, 3.05) is 6.61 Å². The van der Waals surface area contributed by atoms with Crippen LogP contribution in [0, 0.1) is 0 Å². The van der Waals surface area contributed by atoms with Crippen molar-refractivity contribution in [1.29, 1.82) is 0 Å². The molecular formula is C23H24N2O3S. The maximum Gasteiger partial charge on any atom is 0.305 e. The summed E-state index contributed by atoms with van der Waals surface area (Å²) in [6.45, 7) is 2.73. The van der Waals surface area contributed by atoms with Crippen molar-refractivity contribution in [2.24, 2.45) is 0 Å². The molecule has 0 saturated heterocycles. The van der Waals surface area contributed by atoms with Crippen molar-refractivity contribution in [3.05, 3.63) is 87.3 Å². The molecule has 0 radical (unpaired) electrons. The average Bonchev–Trinajstić information content (AvgIpc) is 3.35. The summed E-state index contributed by atoms with van der Waals surface area (Å²) in [5, 5.41) is 9.96. The molecule has 2 heterocycles. The van der Waals surface area contributed by atoms with Crippen LogP contribution in [0.1, 0.15) is 30.0 Å². The lowest BCUT2D eigenvalue weighted by Crippen LogP contribution is -2.13. The number of hydrogen-bond donors (Lipinski definition) is 2. The predicted octanol–water partition coefficient (Wildman–Crippen LogP) is 4.66. The Bertz CT molecular complexity index is 1140. The second-order valence-electron chi connectivity index (χ2n) is 7.07. The van der Waals surface area contributed by atoms with Gasteiger partial charge in [0.2, 0.25) is 0 Å². The number of hydrogen-bond acceptors (Lipinski definition) is 4. The standard InChI is InChI=1S/C23H24N2O3S/c1-16(28-15-13-17-6-3-2-4-7-17)25-14-5-8-19(25)11-9-18-10-12-20(26)21-22(18)29-23(27)24-21/h2-8,10,12,14,16,26H,9,11,13,15H2,1H3,(H,24,27). The molecule has 4 aromatic rings. The molecule has 4 rings (SSSR count). The number of nitrogens with zero attached hydrogens (tertiary/aromatic N) is 1. The van der Waals surface area contributed by atoms with Gasteiger partial charge in [0.1, 0.15) is 17.5 Å². The molecule has 5 nitrogen and oxygen atoms in total. The lowest BCUT2D eigenvalue weighted by Gasteiger charge is -2.18. The highest BCUT2D eigenvalue weighted by Gasteiger charge is 2.12. The summed E-state index contributed by atoms with van der Waals surface area (Å²) in [7, 11) is 0. The molecule has 0 aliphatic heterocycles. The molecule has 0 spiro atoms. The first kappa shape index (κ1) is 19.5. The molecule has 150 valence electrons. The third-order valence-electron chi connectivity index (χ3n) is 5.14. The largest absolute Gasteiger partial charge is 0.506 e. The fourth-order valence-corrected chi connectivity index (χ4v) is 4.50. The van der Waals surface area contributed by atoms with Crippen molar-refractivity contribution in [1.82, 2.24) is 9.55 Å². The highest BCUT2D eigenvalue weighted by molar-refractivity contribution is 7.16. The summed E-state index contributed by atoms with van der Waals surface area (Å²) < 4.78 is 9.05. The van der Waals surface area contributed by atoms with Crippen LogP contribution in [0.25, 0.3) is 10.2 Å². The van der Waals surface area contributed by atoms with Gasteiger partial charge in [-0.15, -0.1) is 0 Å². The molecule has 0 saturated carbocycles. The molecule has 2 aromatic heterocycles. The van der Waals surface area contributed by atoms with Crippen LogP contribution in [0.5, 0.6) is 5.75 Å². The molecule has 0 fully saturated rings. The number of aromatic amines is 1. The Balaban J connectivity index is 1.40. The van der Waals surface area contributed by atoms with Gasteiger partial charge in [0.25, 0.3) is 0 Å². The van der Waals surface area contributed by atoms with E-state index in [-0.39, 0.29) is 16.9 Å². The first-order valence-corrected chi connectivity index (χ1v) is 10.6. The van der Waals surface area contributed by atoms with Gasteiger partial charge in [-0.05, 0) is 55.5 Å². The van der Waals surface area contributed by atoms with Crippen LogP contribution in [-0.4, -0.2) is 21.3 Å². The molecule has 0 bridgehead atoms. The first-order valence-electron chi connectivity index (χ1n) is 9.77. The Labute approximate surface area is 173 Å². The second-order valence-corrected chi connectivity index (χ2v) is 8.06. The number of nitrogens with one attached hydrogen (secondary N) is 1. The van der Waals surface area contributed by atoms with Crippen LogP contribution in [0.2, 0.25) is 0 Å². The van der Waals surface area contributed by atoms with Gasteiger partial charge in [-0.3, -0.25) is 4.79 Å². The van der Waals surface area contributed by atoms with E-state index in [4.69, 9.17) is 4.74 Å². The number of aryl methyl sites for hydroxylation is 2. The third-order valence-corrected chi connectivity index (χ3v) is 6.10. The monoisotopic (exact) mass is 408 g/mol. The van der Waals surface area contributed by atoms with Crippen LogP contribution < -0.4 is 4.87 Å². The number of aromatic hydroxyl groups is 1. The zero-order valence-corrected chi connectivity index (χ0v) is 17.1. The summed E-state index contributed by atoms with van der Waals surface area (Å²) in [5.41, 5.74) is 4.05. The summed E-state index contributed by atoms with van der Waals surface area (Å²) in [5.74, 6) is 0.117. The van der Waals surface area contributed by atoms with Crippen molar-refractivity contribution in [2.45, 2.75) is 32.4 Å². The second kappa shape index (κ2) is 8.68. The molecule has 6 heteroatoms. The van der Waals surface area contributed by atoms with Gasteiger partial charge in [0.05, 0.1) is 11.3 Å². The van der Waals surface area contributed by atoms with Crippen LogP contribution >= 0.6 is 11.3 Å². The zero-order chi connectivity index (χ0) is 20.2. The van der Waals surface area contributed by atoms with Gasteiger partial charge in [-0.25, -0.2) is 0 Å². The van der Waals surface area contributed by atoms with E-state index in [2.05, 4.69) is 34.7 Å². The summed E-state index contributed by atoms with van der Waals surface area (Å²) in [6, 6.07) is 18.0. The maximum absolute atomic E-state index is 11.7. The van der Waals surface area contributed by atoms with Crippen LogP contribution in [0.3, 0.4) is 0 Å². The quantitative estimate of drug-likeness (QED) is 0.446. The highest BCUT2D eigenvalue weighted by Crippen LogP contribution is 2.28. The Morgan fingerprint density at radius 3 is 2.72 bits per heavy atom. The normalized spacial score (nSPS) is 12.4. The molecule has 0 amide bonds. The number of H-pyrrole nitrogens is 1. The SMILES string of the molecule is CC(OCCc1ccccc1)n1cccc1CCc1ccc(O)c2[nH]c(=O)sc12. The van der Waals surface area contributed by atoms with Crippen LogP contribution in [-0.2, 0) is 24.0 Å². The van der Waals surface area contributed by atoms with Crippen molar-refractivity contribution in [3.8, 4) is 5.75 Å². The smallest absolute Gasteiger partial charge is 0.305 e. The molecule has 0 aliphatic rings. The number of thiazole rings is 1. The van der Waals surface area contributed by atoms with E-state index in [9.17, 15) is 9.90 Å². The molecular weight excluding hydrogens is 384 g/mol. The van der Waals surface area contributed by atoms with Crippen LogP contribution in [0.4, 0.5) is 0 Å². The van der Waals surface area contributed by atoms with Gasteiger partial charge in [0, 0.05) is 11.9 Å². The van der Waals surface area contributed by atoms with E-state index in [1.165, 1.54) is 11.3 Å². The van der Waals surface area contributed by atoms with Gasteiger partial charge < -0.3 is 19.4 Å². The number of phenolic OH excluding ortho intramolecular Hbond substituents is 1. The van der Waals surface area contributed by atoms with Crippen LogP contribution in [0.15, 0.2) is 65.6 Å². The minimum Gasteiger partial charge on any atom is -0.506 e. The zero-order valence-electron chi connectivity index (χ0n) is 16.3. The fraction of sp³-hybridized carbons (Fsp3) is 0.261. The Kier molecular flexibility index (Phi) is 5.83. The van der Waals surface area contributed by atoms with Gasteiger partial charge in [-0.1, -0.05) is 47.7 Å². The van der Waals surface area contributed by atoms with E-state index in [0.29, 0.717) is 12.1 Å². The maximum atomic E-state index is 11.7. The van der Waals surface area contributed by atoms with E-state index in [0.717, 1.165) is 40.9 Å². The third kappa shape index (κ3) is 4.44. The molecule has 29 heavy (non-hydrogen) atoms. The number of aromatic nitrogens is 2. The van der Waals surface area contributed by atoms with Gasteiger partial charge in [0.15, 0.2) is 0 Å². The van der Waals surface area contributed by atoms with E-state index in [1.807, 2.05) is 36.5 Å². The summed E-state index contributed by atoms with van der Waals surface area (Å²) >= 11 is 1.15. The summed E-state index contributed by atoms with van der Waals surface area (Å²) in [6.07, 6.45) is 4.49. The topological polar surface area (TPSA) is 67.2 Å². The minimum atomic E-state index is -0.147. The van der Waals surface area contributed by atoms with E-state index < -0.39 is 0 Å². The number of rotatable bonds is 8. The number of fused-ring (bicyclic) bond motifs is 1. The highest BCUT2D eigenvalue weighted by atomic mass is 32.1. The molecule has 1 unspecified atom stereocenters. The number of phenols is 1. The van der Waals surface area contributed by atoms with E-state index >= 15 is 0 Å². The summed E-state index contributed by atoms with van der Waals surface area (Å²) in [4.78, 5) is 14.3. The average molecular weight is 409 g/mol. The van der Waals surface area contributed by atoms with E-state index in [1.54, 1.807) is 6.07 Å². The van der Waals surface area contributed by atoms with Crippen molar-refractivity contribution in [3.63, 3.8) is 0 Å². The Hall–Kier alpha value is -2.83. The van der Waals surface area contributed by atoms with Gasteiger partial charge >= 0.3 is 4.87 Å². The van der Waals surface area contributed by atoms with Crippen molar-refractivity contribution >= 4 is 21.6 Å². The predicted molar refractivity (Wildman–Crippen MR) is 117 cm³/mol. The number of ether oxygens (including phenoxy) is 1. The van der Waals surface area contributed by atoms with Crippen molar-refractivity contribution < 1.29 is 9.84 Å². The molecule has 2 aromatic carbocycles. The first-order chi connectivity index (χ1) is 14.1. The lowest BCUT2D eigenvalue weighted by atomic mass is 10.1. The lowest BCUT2D eigenvalue weighted by molar-refractivity contribution is 0.0167. The molecule has 0 aliphatic carbocycles. The Morgan fingerprint density at radius 2 is 1.90 bits per heavy atom. The molecule has 2 N–H and O–H groups in total. The van der Waals surface area contributed by atoms with Gasteiger partial charge in [-0.2, -0.15) is 0 Å². The Morgan fingerprint density at radius 1 is 1.07 bits per heavy atom. The minimum absolute atomic E-state index is 0.0492. The number of benzene rings is 2.